The summed E-state index contributed by atoms with van der Waals surface area (Å²) in [4.78, 5) is 27.9. The first-order valence-electron chi connectivity index (χ1n) is 5.64. The molecule has 2 aliphatic rings. The van der Waals surface area contributed by atoms with E-state index in [1.165, 1.54) is 0 Å². The summed E-state index contributed by atoms with van der Waals surface area (Å²) in [5.74, 6) is -0.0891. The molecule has 2 fully saturated rings. The van der Waals surface area contributed by atoms with Gasteiger partial charge in [0.05, 0.1) is 6.04 Å². The van der Waals surface area contributed by atoms with Crippen LogP contribution in [-0.4, -0.2) is 37.0 Å². The Bertz CT molecular complexity index is 295. The Hall–Kier alpha value is -1.14. The molecule has 3 atom stereocenters. The van der Waals surface area contributed by atoms with E-state index in [0.717, 1.165) is 19.4 Å². The van der Waals surface area contributed by atoms with Gasteiger partial charge in [-0.05, 0) is 25.3 Å². The van der Waals surface area contributed by atoms with E-state index >= 15 is 0 Å². The third-order valence-electron chi connectivity index (χ3n) is 3.11. The number of amides is 2. The lowest BCUT2D eigenvalue weighted by molar-refractivity contribution is -0.130. The average Bonchev–Trinajstić information content (AvgIpc) is 2.65. The minimum atomic E-state index is -0.552. The second kappa shape index (κ2) is 4.80. The van der Waals surface area contributed by atoms with Gasteiger partial charge in [-0.1, -0.05) is 6.92 Å². The van der Waals surface area contributed by atoms with Gasteiger partial charge in [-0.2, -0.15) is 0 Å². The van der Waals surface area contributed by atoms with E-state index in [9.17, 15) is 9.59 Å². The number of nitrogens with one attached hydrogen (secondary N) is 3. The molecule has 0 bridgehead atoms. The Kier molecular flexibility index (Phi) is 3.40. The molecule has 2 saturated heterocycles. The Morgan fingerprint density at radius 3 is 3.00 bits per heavy atom. The molecule has 0 radical (unpaired) electrons. The van der Waals surface area contributed by atoms with Crippen LogP contribution in [-0.2, 0) is 14.4 Å². The largest absolute Gasteiger partial charge is 0.341 e. The Balaban J connectivity index is 1.89. The van der Waals surface area contributed by atoms with Crippen molar-refractivity contribution >= 4 is 11.8 Å². The number of rotatable bonds is 2. The summed E-state index contributed by atoms with van der Waals surface area (Å²) < 4.78 is 0. The maximum absolute atomic E-state index is 11.9. The molecule has 0 aromatic rings. The number of piperidine rings is 1. The summed E-state index contributed by atoms with van der Waals surface area (Å²) in [6.45, 7) is 3.10. The first-order valence-corrected chi connectivity index (χ1v) is 5.64. The second-order valence-corrected chi connectivity index (χ2v) is 4.39. The van der Waals surface area contributed by atoms with Crippen LogP contribution in [0.25, 0.3) is 0 Å². The molecule has 2 rings (SSSR count). The molecular weight excluding hydrogens is 210 g/mol. The fourth-order valence-electron chi connectivity index (χ4n) is 2.11. The van der Waals surface area contributed by atoms with Crippen LogP contribution in [0.3, 0.4) is 0 Å². The maximum Gasteiger partial charge on any atom is 0.268 e. The average molecular weight is 227 g/mol. The molecule has 0 saturated carbocycles. The summed E-state index contributed by atoms with van der Waals surface area (Å²) in [7, 11) is 0. The van der Waals surface area contributed by atoms with Gasteiger partial charge < -0.3 is 10.6 Å². The molecule has 0 aromatic carbocycles. The molecular formula is C10H17N3O3. The number of carbonyl (C=O) groups is 2. The molecule has 2 heterocycles. The normalized spacial score (nSPS) is 34.6. The SMILES string of the molecule is CC1CCCNC1C(=O)N[C@@H]1CONC1=O. The Labute approximate surface area is 94.1 Å². The highest BCUT2D eigenvalue weighted by Gasteiger charge is 2.32. The van der Waals surface area contributed by atoms with Crippen LogP contribution in [0.2, 0.25) is 0 Å². The Morgan fingerprint density at radius 2 is 2.38 bits per heavy atom. The van der Waals surface area contributed by atoms with Gasteiger partial charge in [0.15, 0.2) is 0 Å². The molecule has 6 heteroatoms. The zero-order valence-corrected chi connectivity index (χ0v) is 9.29. The van der Waals surface area contributed by atoms with Crippen LogP contribution in [0.5, 0.6) is 0 Å². The van der Waals surface area contributed by atoms with E-state index in [2.05, 4.69) is 16.1 Å². The smallest absolute Gasteiger partial charge is 0.268 e. The third-order valence-corrected chi connectivity index (χ3v) is 3.11. The van der Waals surface area contributed by atoms with Crippen molar-refractivity contribution in [2.24, 2.45) is 5.92 Å². The lowest BCUT2D eigenvalue weighted by Crippen LogP contribution is -2.54. The quantitative estimate of drug-likeness (QED) is 0.560. The van der Waals surface area contributed by atoms with Crippen molar-refractivity contribution in [3.63, 3.8) is 0 Å². The minimum Gasteiger partial charge on any atom is -0.341 e. The van der Waals surface area contributed by atoms with Gasteiger partial charge in [0.25, 0.3) is 5.91 Å². The van der Waals surface area contributed by atoms with Crippen LogP contribution >= 0.6 is 0 Å². The molecule has 2 unspecified atom stereocenters. The van der Waals surface area contributed by atoms with E-state index in [0.29, 0.717) is 5.92 Å². The number of hydrogen-bond acceptors (Lipinski definition) is 4. The Morgan fingerprint density at radius 1 is 1.56 bits per heavy atom. The van der Waals surface area contributed by atoms with Crippen molar-refractivity contribution in [3.8, 4) is 0 Å². The van der Waals surface area contributed by atoms with Crippen LogP contribution in [0.15, 0.2) is 0 Å². The summed E-state index contributed by atoms with van der Waals surface area (Å²) >= 11 is 0. The highest BCUT2D eigenvalue weighted by Crippen LogP contribution is 2.15. The molecule has 16 heavy (non-hydrogen) atoms. The molecule has 90 valence electrons. The van der Waals surface area contributed by atoms with E-state index in [1.807, 2.05) is 6.92 Å². The maximum atomic E-state index is 11.9. The van der Waals surface area contributed by atoms with Crippen LogP contribution in [0.1, 0.15) is 19.8 Å². The molecule has 0 spiro atoms. The van der Waals surface area contributed by atoms with Crippen molar-refractivity contribution in [2.45, 2.75) is 31.8 Å². The number of hydrogen-bond donors (Lipinski definition) is 3. The number of carbonyl (C=O) groups excluding carboxylic acids is 2. The van der Waals surface area contributed by atoms with E-state index in [1.54, 1.807) is 0 Å². The minimum absolute atomic E-state index is 0.113. The predicted molar refractivity (Wildman–Crippen MR) is 56.2 cm³/mol. The lowest BCUT2D eigenvalue weighted by atomic mass is 9.92. The van der Waals surface area contributed by atoms with E-state index in [-0.39, 0.29) is 24.5 Å². The number of hydroxylamine groups is 1. The summed E-state index contributed by atoms with van der Waals surface area (Å²) in [6.07, 6.45) is 2.14. The van der Waals surface area contributed by atoms with E-state index < -0.39 is 6.04 Å². The molecule has 6 nitrogen and oxygen atoms in total. The van der Waals surface area contributed by atoms with Crippen molar-refractivity contribution in [1.82, 2.24) is 16.1 Å². The van der Waals surface area contributed by atoms with Gasteiger partial charge in [0, 0.05) is 0 Å². The van der Waals surface area contributed by atoms with Gasteiger partial charge >= 0.3 is 0 Å². The highest BCUT2D eigenvalue weighted by molar-refractivity contribution is 5.90. The van der Waals surface area contributed by atoms with Crippen molar-refractivity contribution in [2.75, 3.05) is 13.2 Å². The molecule has 2 aliphatic heterocycles. The summed E-state index contributed by atoms with van der Waals surface area (Å²) in [6, 6.07) is -0.745. The van der Waals surface area contributed by atoms with Crippen molar-refractivity contribution in [3.05, 3.63) is 0 Å². The van der Waals surface area contributed by atoms with Gasteiger partial charge in [0.1, 0.15) is 12.6 Å². The fraction of sp³-hybridized carbons (Fsp3) is 0.800. The molecule has 3 N–H and O–H groups in total. The topological polar surface area (TPSA) is 79.5 Å². The van der Waals surface area contributed by atoms with Gasteiger partial charge in [-0.3, -0.25) is 14.4 Å². The summed E-state index contributed by atoms with van der Waals surface area (Å²) in [5, 5.41) is 5.86. The summed E-state index contributed by atoms with van der Waals surface area (Å²) in [5.41, 5.74) is 2.22. The van der Waals surface area contributed by atoms with Crippen LogP contribution in [0, 0.1) is 5.92 Å². The van der Waals surface area contributed by atoms with E-state index in [4.69, 9.17) is 4.84 Å². The first kappa shape index (κ1) is 11.3. The first-order chi connectivity index (χ1) is 7.68. The van der Waals surface area contributed by atoms with Crippen molar-refractivity contribution in [1.29, 1.82) is 0 Å². The zero-order chi connectivity index (χ0) is 11.5. The molecule has 2 amide bonds. The molecule has 0 aromatic heterocycles. The van der Waals surface area contributed by atoms with Crippen molar-refractivity contribution < 1.29 is 14.4 Å². The lowest BCUT2D eigenvalue weighted by Gasteiger charge is -2.29. The highest BCUT2D eigenvalue weighted by atomic mass is 16.7. The zero-order valence-electron chi connectivity index (χ0n) is 9.29. The van der Waals surface area contributed by atoms with Gasteiger partial charge in [0.2, 0.25) is 5.91 Å². The predicted octanol–water partition coefficient (Wildman–Crippen LogP) is -1.08. The van der Waals surface area contributed by atoms with Gasteiger partial charge in [-0.15, -0.1) is 0 Å². The second-order valence-electron chi connectivity index (χ2n) is 4.39. The standard InChI is InChI=1S/C10H17N3O3/c1-6-3-2-4-11-8(6)10(15)12-7-5-16-13-9(7)14/h6-8,11H,2-5H2,1H3,(H,12,15)(H,13,14)/t6?,7-,8?/m1/s1. The fourth-order valence-corrected chi connectivity index (χ4v) is 2.11. The van der Waals surface area contributed by atoms with Crippen LogP contribution < -0.4 is 16.1 Å². The van der Waals surface area contributed by atoms with Gasteiger partial charge in [-0.25, -0.2) is 5.48 Å². The monoisotopic (exact) mass is 227 g/mol. The van der Waals surface area contributed by atoms with Crippen LogP contribution in [0.4, 0.5) is 0 Å². The molecule has 0 aliphatic carbocycles. The third kappa shape index (κ3) is 2.33.